The Bertz CT molecular complexity index is 380. The average Bonchev–Trinajstić information content (AvgIpc) is 3.02. The monoisotopic (exact) mass is 268 g/mol. The van der Waals surface area contributed by atoms with Crippen molar-refractivity contribution in [3.8, 4) is 0 Å². The van der Waals surface area contributed by atoms with Crippen molar-refractivity contribution >= 4 is 6.01 Å². The van der Waals surface area contributed by atoms with Crippen LogP contribution in [-0.2, 0) is 11.3 Å². The highest BCUT2D eigenvalue weighted by atomic mass is 16.5. The molecule has 0 radical (unpaired) electrons. The van der Waals surface area contributed by atoms with Crippen LogP contribution < -0.4 is 10.6 Å². The lowest BCUT2D eigenvalue weighted by atomic mass is 10.00. The molecule has 19 heavy (non-hydrogen) atoms. The molecule has 0 aromatic carbocycles. The van der Waals surface area contributed by atoms with Gasteiger partial charge in [-0.2, -0.15) is 0 Å². The van der Waals surface area contributed by atoms with Crippen LogP contribution in [0.5, 0.6) is 0 Å². The van der Waals surface area contributed by atoms with E-state index in [0.717, 1.165) is 26.0 Å². The molecule has 0 aliphatic carbocycles. The molecule has 1 aromatic rings. The molecule has 2 N–H and O–H groups in total. The summed E-state index contributed by atoms with van der Waals surface area (Å²) in [4.78, 5) is 0. The maximum Gasteiger partial charge on any atom is 0.315 e. The highest BCUT2D eigenvalue weighted by Gasteiger charge is 2.26. The predicted molar refractivity (Wildman–Crippen MR) is 72.9 cm³/mol. The van der Waals surface area contributed by atoms with Crippen LogP contribution in [0.3, 0.4) is 0 Å². The summed E-state index contributed by atoms with van der Waals surface area (Å²) in [7, 11) is 0. The average molecular weight is 268 g/mol. The molecular formula is C13H24N4O2. The lowest BCUT2D eigenvalue weighted by molar-refractivity contribution is 0.0899. The van der Waals surface area contributed by atoms with Crippen molar-refractivity contribution in [3.05, 3.63) is 5.89 Å². The van der Waals surface area contributed by atoms with E-state index < -0.39 is 0 Å². The Balaban J connectivity index is 1.76. The van der Waals surface area contributed by atoms with Gasteiger partial charge in [0.05, 0.1) is 12.6 Å². The van der Waals surface area contributed by atoms with Crippen molar-refractivity contribution in [1.29, 1.82) is 0 Å². The Morgan fingerprint density at radius 3 is 2.95 bits per heavy atom. The molecule has 1 aliphatic rings. The Labute approximate surface area is 114 Å². The first-order valence-corrected chi connectivity index (χ1v) is 7.10. The number of hydrogen-bond donors (Lipinski definition) is 2. The van der Waals surface area contributed by atoms with E-state index >= 15 is 0 Å². The first-order chi connectivity index (χ1) is 9.19. The van der Waals surface area contributed by atoms with Crippen LogP contribution in [0.15, 0.2) is 4.42 Å². The van der Waals surface area contributed by atoms with Crippen LogP contribution in [0.4, 0.5) is 6.01 Å². The normalized spacial score (nSPS) is 23.2. The second-order valence-electron chi connectivity index (χ2n) is 5.28. The fourth-order valence-corrected chi connectivity index (χ4v) is 2.28. The molecular weight excluding hydrogens is 244 g/mol. The summed E-state index contributed by atoms with van der Waals surface area (Å²) in [5.41, 5.74) is 0. The van der Waals surface area contributed by atoms with Gasteiger partial charge in [0.1, 0.15) is 0 Å². The van der Waals surface area contributed by atoms with Crippen molar-refractivity contribution < 1.29 is 9.15 Å². The zero-order valence-corrected chi connectivity index (χ0v) is 12.0. The molecule has 108 valence electrons. The van der Waals surface area contributed by atoms with Crippen molar-refractivity contribution in [2.75, 3.05) is 18.5 Å². The quantitative estimate of drug-likeness (QED) is 0.785. The smallest absolute Gasteiger partial charge is 0.315 e. The number of nitrogens with zero attached hydrogens (tertiary/aromatic N) is 2. The zero-order chi connectivity index (χ0) is 13.7. The molecule has 0 amide bonds. The Morgan fingerprint density at radius 2 is 2.21 bits per heavy atom. The van der Waals surface area contributed by atoms with Crippen LogP contribution in [-0.4, -0.2) is 35.5 Å². The highest BCUT2D eigenvalue weighted by Crippen LogP contribution is 2.23. The minimum absolute atomic E-state index is 0.359. The number of ether oxygens (including phenoxy) is 1. The van der Waals surface area contributed by atoms with Crippen LogP contribution >= 0.6 is 0 Å². The summed E-state index contributed by atoms with van der Waals surface area (Å²) >= 11 is 0. The van der Waals surface area contributed by atoms with Crippen LogP contribution in [0.25, 0.3) is 0 Å². The van der Waals surface area contributed by atoms with E-state index in [0.29, 0.717) is 36.5 Å². The molecule has 1 saturated heterocycles. The highest BCUT2D eigenvalue weighted by molar-refractivity contribution is 5.17. The van der Waals surface area contributed by atoms with E-state index in [4.69, 9.17) is 9.15 Å². The molecule has 1 aliphatic heterocycles. The Morgan fingerprint density at radius 1 is 1.37 bits per heavy atom. The Hall–Kier alpha value is -1.14. The lowest BCUT2D eigenvalue weighted by Gasteiger charge is -2.16. The standard InChI is InChI=1S/C13H24N4O2/c1-4-11-10(5-6-18-11)7-15-13-17-16-12(19-13)8-14-9(2)3/h9-11,14H,4-8H2,1-3H3,(H,15,17). The first kappa shape index (κ1) is 14.3. The third kappa shape index (κ3) is 4.18. The minimum atomic E-state index is 0.359. The van der Waals surface area contributed by atoms with E-state index in [-0.39, 0.29) is 0 Å². The summed E-state index contributed by atoms with van der Waals surface area (Å²) in [5.74, 6) is 1.15. The number of hydrogen-bond acceptors (Lipinski definition) is 6. The van der Waals surface area contributed by atoms with Gasteiger partial charge in [-0.25, -0.2) is 0 Å². The van der Waals surface area contributed by atoms with Crippen molar-refractivity contribution in [1.82, 2.24) is 15.5 Å². The molecule has 1 aromatic heterocycles. The van der Waals surface area contributed by atoms with E-state index in [1.54, 1.807) is 0 Å². The van der Waals surface area contributed by atoms with Crippen LogP contribution in [0, 0.1) is 5.92 Å². The first-order valence-electron chi connectivity index (χ1n) is 7.10. The fourth-order valence-electron chi connectivity index (χ4n) is 2.28. The van der Waals surface area contributed by atoms with Crippen molar-refractivity contribution in [2.45, 2.75) is 52.3 Å². The molecule has 0 saturated carbocycles. The van der Waals surface area contributed by atoms with Gasteiger partial charge in [-0.1, -0.05) is 25.9 Å². The third-order valence-corrected chi connectivity index (χ3v) is 3.39. The van der Waals surface area contributed by atoms with Gasteiger partial charge < -0.3 is 19.8 Å². The van der Waals surface area contributed by atoms with Gasteiger partial charge in [-0.15, -0.1) is 5.10 Å². The van der Waals surface area contributed by atoms with Crippen LogP contribution in [0.1, 0.15) is 39.5 Å². The van der Waals surface area contributed by atoms with Gasteiger partial charge in [-0.3, -0.25) is 0 Å². The molecule has 2 atom stereocenters. The fraction of sp³-hybridized carbons (Fsp3) is 0.846. The molecule has 0 spiro atoms. The molecule has 2 heterocycles. The maximum absolute atomic E-state index is 5.66. The second-order valence-corrected chi connectivity index (χ2v) is 5.28. The van der Waals surface area contributed by atoms with Gasteiger partial charge in [0, 0.05) is 25.1 Å². The lowest BCUT2D eigenvalue weighted by Crippen LogP contribution is -2.23. The summed E-state index contributed by atoms with van der Waals surface area (Å²) in [6, 6.07) is 0.909. The number of anilines is 1. The molecule has 2 rings (SSSR count). The van der Waals surface area contributed by atoms with E-state index in [9.17, 15) is 0 Å². The summed E-state index contributed by atoms with van der Waals surface area (Å²) in [6.07, 6.45) is 2.51. The summed E-state index contributed by atoms with van der Waals surface area (Å²) in [5, 5.41) is 14.5. The van der Waals surface area contributed by atoms with Crippen molar-refractivity contribution in [3.63, 3.8) is 0 Å². The summed E-state index contributed by atoms with van der Waals surface area (Å²) in [6.45, 7) is 8.62. The molecule has 2 unspecified atom stereocenters. The topological polar surface area (TPSA) is 72.2 Å². The predicted octanol–water partition coefficient (Wildman–Crippen LogP) is 1.79. The van der Waals surface area contributed by atoms with E-state index in [1.807, 2.05) is 0 Å². The zero-order valence-electron chi connectivity index (χ0n) is 12.0. The van der Waals surface area contributed by atoms with Crippen LogP contribution in [0.2, 0.25) is 0 Å². The Kier molecular flexibility index (Phi) is 5.15. The van der Waals surface area contributed by atoms with Gasteiger partial charge in [0.2, 0.25) is 5.89 Å². The largest absolute Gasteiger partial charge is 0.407 e. The molecule has 6 nitrogen and oxygen atoms in total. The van der Waals surface area contributed by atoms with Gasteiger partial charge in [0.15, 0.2) is 0 Å². The van der Waals surface area contributed by atoms with Gasteiger partial charge in [0.25, 0.3) is 0 Å². The minimum Gasteiger partial charge on any atom is -0.407 e. The third-order valence-electron chi connectivity index (χ3n) is 3.39. The van der Waals surface area contributed by atoms with Gasteiger partial charge >= 0.3 is 6.01 Å². The number of aromatic nitrogens is 2. The van der Waals surface area contributed by atoms with E-state index in [1.165, 1.54) is 0 Å². The summed E-state index contributed by atoms with van der Waals surface area (Å²) < 4.78 is 11.2. The molecule has 1 fully saturated rings. The number of rotatable bonds is 7. The van der Waals surface area contributed by atoms with Gasteiger partial charge in [-0.05, 0) is 12.8 Å². The SMILES string of the molecule is CCC1OCCC1CNc1nnc(CNC(C)C)o1. The molecule has 6 heteroatoms. The number of nitrogens with one attached hydrogen (secondary N) is 2. The van der Waals surface area contributed by atoms with E-state index in [2.05, 4.69) is 41.6 Å². The maximum atomic E-state index is 5.66. The second kappa shape index (κ2) is 6.86. The molecule has 0 bridgehead atoms. The van der Waals surface area contributed by atoms with Crippen molar-refractivity contribution in [2.24, 2.45) is 5.92 Å².